The van der Waals surface area contributed by atoms with E-state index < -0.39 is 18.0 Å². The molecule has 2 aromatic carbocycles. The van der Waals surface area contributed by atoms with E-state index in [1.54, 1.807) is 64.5 Å². The molecular formula is C31H34N2O8S. The average molecular weight is 595 g/mol. The Balaban J connectivity index is 1.93. The molecule has 3 aromatic rings. The Morgan fingerprint density at radius 1 is 1.05 bits per heavy atom. The Labute approximate surface area is 247 Å². The molecule has 0 radical (unpaired) electrons. The SMILES string of the molecule is CCOc1cc(C2C(C(=O)OCC(C)C)=C(C)N=c3s/c(=C/c4ccc(OC)c(OC)c4)c(=O)n32)ccc1OC(C)=O. The second kappa shape index (κ2) is 13.1. The number of benzene rings is 2. The highest BCUT2D eigenvalue weighted by molar-refractivity contribution is 7.07. The van der Waals surface area contributed by atoms with Crippen LogP contribution in [0.5, 0.6) is 23.0 Å². The van der Waals surface area contributed by atoms with Crippen LogP contribution in [0.25, 0.3) is 6.08 Å². The number of rotatable bonds is 10. The minimum Gasteiger partial charge on any atom is -0.493 e. The first-order chi connectivity index (χ1) is 20.1. The predicted molar refractivity (Wildman–Crippen MR) is 158 cm³/mol. The summed E-state index contributed by atoms with van der Waals surface area (Å²) >= 11 is 1.21. The number of nitrogens with zero attached hydrogens (tertiary/aromatic N) is 2. The maximum absolute atomic E-state index is 14.0. The molecule has 1 aliphatic heterocycles. The molecule has 0 fully saturated rings. The molecule has 1 unspecified atom stereocenters. The largest absolute Gasteiger partial charge is 0.493 e. The van der Waals surface area contributed by atoms with Crippen LogP contribution in [0.3, 0.4) is 0 Å². The maximum Gasteiger partial charge on any atom is 0.338 e. The van der Waals surface area contributed by atoms with Gasteiger partial charge in [-0.05, 0) is 61.2 Å². The van der Waals surface area contributed by atoms with Crippen LogP contribution in [0.15, 0.2) is 57.5 Å². The van der Waals surface area contributed by atoms with Gasteiger partial charge in [0.1, 0.15) is 0 Å². The van der Waals surface area contributed by atoms with Gasteiger partial charge < -0.3 is 23.7 Å². The van der Waals surface area contributed by atoms with Crippen molar-refractivity contribution < 1.29 is 33.3 Å². The summed E-state index contributed by atoms with van der Waals surface area (Å²) in [5, 5.41) is 0. The van der Waals surface area contributed by atoms with Crippen molar-refractivity contribution in [1.29, 1.82) is 0 Å². The Bertz CT molecular complexity index is 1720. The predicted octanol–water partition coefficient (Wildman–Crippen LogP) is 3.78. The quantitative estimate of drug-likeness (QED) is 0.257. The molecule has 1 atom stereocenters. The van der Waals surface area contributed by atoms with E-state index in [0.29, 0.717) is 44.4 Å². The summed E-state index contributed by atoms with van der Waals surface area (Å²) < 4.78 is 29.4. The van der Waals surface area contributed by atoms with E-state index in [1.807, 2.05) is 19.9 Å². The van der Waals surface area contributed by atoms with Crippen LogP contribution in [0.1, 0.15) is 51.8 Å². The summed E-state index contributed by atoms with van der Waals surface area (Å²) in [5.74, 6) is 0.689. The van der Waals surface area contributed by atoms with Gasteiger partial charge in [-0.25, -0.2) is 9.79 Å². The van der Waals surface area contributed by atoms with Gasteiger partial charge in [-0.15, -0.1) is 0 Å². The molecule has 222 valence electrons. The number of ether oxygens (including phenoxy) is 5. The van der Waals surface area contributed by atoms with Gasteiger partial charge in [-0.1, -0.05) is 37.3 Å². The van der Waals surface area contributed by atoms with Crippen molar-refractivity contribution in [3.63, 3.8) is 0 Å². The van der Waals surface area contributed by atoms with Crippen LogP contribution >= 0.6 is 11.3 Å². The van der Waals surface area contributed by atoms with Crippen molar-refractivity contribution in [2.45, 2.75) is 40.7 Å². The van der Waals surface area contributed by atoms with Gasteiger partial charge in [-0.2, -0.15) is 0 Å². The second-order valence-corrected chi connectivity index (χ2v) is 10.9. The lowest BCUT2D eigenvalue weighted by atomic mass is 9.95. The lowest BCUT2D eigenvalue weighted by molar-refractivity contribution is -0.140. The van der Waals surface area contributed by atoms with Crippen LogP contribution in [0.4, 0.5) is 0 Å². The number of aromatic nitrogens is 1. The summed E-state index contributed by atoms with van der Waals surface area (Å²) in [6.45, 7) is 9.23. The fraction of sp³-hybridized carbons (Fsp3) is 0.355. The van der Waals surface area contributed by atoms with Crippen LogP contribution in [-0.2, 0) is 14.3 Å². The van der Waals surface area contributed by atoms with E-state index >= 15 is 0 Å². The first-order valence-corrected chi connectivity index (χ1v) is 14.3. The third kappa shape index (κ3) is 6.41. The van der Waals surface area contributed by atoms with Gasteiger partial charge in [0.05, 0.1) is 49.3 Å². The number of fused-ring (bicyclic) bond motifs is 1. The Hall–Kier alpha value is -4.38. The van der Waals surface area contributed by atoms with Gasteiger partial charge >= 0.3 is 11.9 Å². The number of allylic oxidation sites excluding steroid dienone is 1. The first kappa shape index (κ1) is 30.6. The molecule has 1 aliphatic rings. The van der Waals surface area contributed by atoms with Crippen LogP contribution in [0, 0.1) is 5.92 Å². The number of esters is 2. The lowest BCUT2D eigenvalue weighted by Crippen LogP contribution is -2.40. The fourth-order valence-electron chi connectivity index (χ4n) is 4.51. The van der Waals surface area contributed by atoms with Crippen LogP contribution in [0.2, 0.25) is 0 Å². The number of hydrogen-bond donors (Lipinski definition) is 0. The van der Waals surface area contributed by atoms with Gasteiger partial charge in [-0.3, -0.25) is 14.2 Å². The molecule has 0 saturated carbocycles. The molecular weight excluding hydrogens is 560 g/mol. The van der Waals surface area contributed by atoms with E-state index in [9.17, 15) is 14.4 Å². The molecule has 10 nitrogen and oxygen atoms in total. The fourth-order valence-corrected chi connectivity index (χ4v) is 5.56. The van der Waals surface area contributed by atoms with Gasteiger partial charge in [0, 0.05) is 6.92 Å². The molecule has 4 rings (SSSR count). The summed E-state index contributed by atoms with van der Waals surface area (Å²) in [6, 6.07) is 9.46. The summed E-state index contributed by atoms with van der Waals surface area (Å²) in [7, 11) is 3.10. The minimum atomic E-state index is -0.862. The van der Waals surface area contributed by atoms with E-state index in [1.165, 1.54) is 22.8 Å². The van der Waals surface area contributed by atoms with Gasteiger partial charge in [0.15, 0.2) is 27.8 Å². The molecule has 0 N–H and O–H groups in total. The zero-order valence-corrected chi connectivity index (χ0v) is 25.5. The molecule has 0 spiro atoms. The number of carbonyl (C=O) groups excluding carboxylic acids is 2. The van der Waals surface area contributed by atoms with Crippen molar-refractivity contribution in [3.8, 4) is 23.0 Å². The maximum atomic E-state index is 14.0. The highest BCUT2D eigenvalue weighted by Crippen LogP contribution is 2.36. The Kier molecular flexibility index (Phi) is 9.52. The average Bonchev–Trinajstić information content (AvgIpc) is 3.25. The third-order valence-electron chi connectivity index (χ3n) is 6.33. The molecule has 42 heavy (non-hydrogen) atoms. The van der Waals surface area contributed by atoms with Gasteiger partial charge in [0.2, 0.25) is 0 Å². The first-order valence-electron chi connectivity index (χ1n) is 13.4. The van der Waals surface area contributed by atoms with Gasteiger partial charge in [0.25, 0.3) is 5.56 Å². The Morgan fingerprint density at radius 3 is 2.40 bits per heavy atom. The van der Waals surface area contributed by atoms with Crippen LogP contribution < -0.4 is 33.8 Å². The second-order valence-electron chi connectivity index (χ2n) is 9.92. The number of thiazole rings is 1. The normalized spacial score (nSPS) is 14.8. The summed E-state index contributed by atoms with van der Waals surface area (Å²) in [6.07, 6.45) is 1.74. The van der Waals surface area contributed by atoms with E-state index in [4.69, 9.17) is 23.7 Å². The molecule has 0 bridgehead atoms. The van der Waals surface area contributed by atoms with Crippen LogP contribution in [-0.4, -0.2) is 43.9 Å². The number of methoxy groups -OCH3 is 2. The van der Waals surface area contributed by atoms with E-state index in [-0.39, 0.29) is 29.4 Å². The minimum absolute atomic E-state index is 0.114. The topological polar surface area (TPSA) is 115 Å². The van der Waals surface area contributed by atoms with Crippen molar-refractivity contribution in [2.24, 2.45) is 10.9 Å². The molecule has 1 aromatic heterocycles. The summed E-state index contributed by atoms with van der Waals surface area (Å²) in [5.41, 5.74) is 1.64. The highest BCUT2D eigenvalue weighted by atomic mass is 32.1. The molecule has 0 aliphatic carbocycles. The lowest BCUT2D eigenvalue weighted by Gasteiger charge is -2.25. The summed E-state index contributed by atoms with van der Waals surface area (Å²) in [4.78, 5) is 44.2. The standard InChI is InChI=1S/C31H34N2O8S/c1-8-39-25-15-21(10-12-23(25)41-19(5)34)28-27(30(36)40-16-17(2)3)18(4)32-31-33(28)29(35)26(42-31)14-20-9-11-22(37-6)24(13-20)38-7/h9-15,17,28H,8,16H2,1-7H3/b26-14+. The van der Waals surface area contributed by atoms with E-state index in [2.05, 4.69) is 4.99 Å². The monoisotopic (exact) mass is 594 g/mol. The zero-order valence-electron chi connectivity index (χ0n) is 24.7. The molecule has 2 heterocycles. The van der Waals surface area contributed by atoms with Crippen molar-refractivity contribution in [2.75, 3.05) is 27.4 Å². The molecule has 11 heteroatoms. The third-order valence-corrected chi connectivity index (χ3v) is 7.31. The highest BCUT2D eigenvalue weighted by Gasteiger charge is 2.34. The molecule has 0 amide bonds. The Morgan fingerprint density at radius 2 is 1.76 bits per heavy atom. The zero-order chi connectivity index (χ0) is 30.6. The molecule has 0 saturated heterocycles. The van der Waals surface area contributed by atoms with Crippen molar-refractivity contribution >= 4 is 29.4 Å². The van der Waals surface area contributed by atoms with Crippen molar-refractivity contribution in [1.82, 2.24) is 4.57 Å². The number of hydrogen-bond acceptors (Lipinski definition) is 10. The van der Waals surface area contributed by atoms with E-state index in [0.717, 1.165) is 5.56 Å². The number of carbonyl (C=O) groups is 2. The smallest absolute Gasteiger partial charge is 0.338 e. The van der Waals surface area contributed by atoms with Crippen molar-refractivity contribution in [3.05, 3.63) is 78.5 Å².